The SMILES string of the molecule is CC.CCC1CCCCC1.O=C(Nc1cnc2cccnn12)c1cc2cn[nH]c2cc1OC1CC1. The van der Waals surface area contributed by atoms with E-state index in [0.29, 0.717) is 22.8 Å². The van der Waals surface area contributed by atoms with Gasteiger partial charge in [-0.05, 0) is 37.0 Å². The average molecular weight is 477 g/mol. The lowest BCUT2D eigenvalue weighted by Gasteiger charge is -2.18. The Morgan fingerprint density at radius 2 is 1.94 bits per heavy atom. The lowest BCUT2D eigenvalue weighted by Crippen LogP contribution is -2.15. The third-order valence-electron chi connectivity index (χ3n) is 6.42. The van der Waals surface area contributed by atoms with Gasteiger partial charge >= 0.3 is 0 Å². The molecule has 4 aromatic rings. The number of rotatable bonds is 5. The molecule has 0 spiro atoms. The normalized spacial score (nSPS) is 15.6. The Kier molecular flexibility index (Phi) is 8.34. The van der Waals surface area contributed by atoms with E-state index >= 15 is 0 Å². The molecule has 3 aromatic heterocycles. The molecule has 3 heterocycles. The maximum absolute atomic E-state index is 12.9. The third-order valence-corrected chi connectivity index (χ3v) is 6.42. The number of H-pyrrole nitrogens is 1. The summed E-state index contributed by atoms with van der Waals surface area (Å²) in [7, 11) is 0. The summed E-state index contributed by atoms with van der Waals surface area (Å²) in [6.07, 6.45) is 16.0. The maximum Gasteiger partial charge on any atom is 0.260 e. The van der Waals surface area contributed by atoms with Gasteiger partial charge in [0, 0.05) is 17.6 Å². The van der Waals surface area contributed by atoms with Crippen LogP contribution in [0.25, 0.3) is 16.6 Å². The molecule has 0 unspecified atom stereocenters. The van der Waals surface area contributed by atoms with E-state index in [9.17, 15) is 4.79 Å². The van der Waals surface area contributed by atoms with Gasteiger partial charge in [-0.25, -0.2) is 4.98 Å². The van der Waals surface area contributed by atoms with Gasteiger partial charge in [0.05, 0.1) is 29.6 Å². The number of hydrogen-bond donors (Lipinski definition) is 2. The van der Waals surface area contributed by atoms with Crippen molar-refractivity contribution in [3.05, 3.63) is 48.4 Å². The number of aromatic nitrogens is 5. The van der Waals surface area contributed by atoms with Crippen molar-refractivity contribution in [3.63, 3.8) is 0 Å². The quantitative estimate of drug-likeness (QED) is 0.347. The molecule has 1 aromatic carbocycles. The molecule has 0 bridgehead atoms. The van der Waals surface area contributed by atoms with Crippen LogP contribution in [0.2, 0.25) is 0 Å². The highest BCUT2D eigenvalue weighted by molar-refractivity contribution is 6.08. The minimum absolute atomic E-state index is 0.185. The number of imidazole rings is 1. The van der Waals surface area contributed by atoms with Gasteiger partial charge in [0.2, 0.25) is 0 Å². The first kappa shape index (κ1) is 24.7. The summed E-state index contributed by atoms with van der Waals surface area (Å²) >= 11 is 0. The van der Waals surface area contributed by atoms with Gasteiger partial charge in [0.15, 0.2) is 11.5 Å². The van der Waals surface area contributed by atoms with Crippen LogP contribution in [0, 0.1) is 5.92 Å². The summed E-state index contributed by atoms with van der Waals surface area (Å²) in [5.74, 6) is 1.87. The Balaban J connectivity index is 0.000000245. The second kappa shape index (κ2) is 11.8. The molecule has 0 saturated heterocycles. The van der Waals surface area contributed by atoms with Crippen LogP contribution in [0.15, 0.2) is 42.9 Å². The van der Waals surface area contributed by atoms with E-state index in [1.54, 1.807) is 35.2 Å². The predicted molar refractivity (Wildman–Crippen MR) is 139 cm³/mol. The van der Waals surface area contributed by atoms with Gasteiger partial charge in [-0.1, -0.05) is 59.3 Å². The first-order valence-electron chi connectivity index (χ1n) is 12.9. The zero-order valence-electron chi connectivity index (χ0n) is 21.0. The molecule has 35 heavy (non-hydrogen) atoms. The number of anilines is 1. The molecule has 0 aliphatic heterocycles. The number of amides is 1. The Hall–Kier alpha value is -3.42. The highest BCUT2D eigenvalue weighted by Gasteiger charge is 2.26. The van der Waals surface area contributed by atoms with Crippen LogP contribution in [0.3, 0.4) is 0 Å². The van der Waals surface area contributed by atoms with Gasteiger partial charge in [0.1, 0.15) is 5.75 Å². The molecule has 8 nitrogen and oxygen atoms in total. The second-order valence-electron chi connectivity index (χ2n) is 8.93. The van der Waals surface area contributed by atoms with Crippen molar-refractivity contribution >= 4 is 28.3 Å². The molecule has 2 aliphatic rings. The lowest BCUT2D eigenvalue weighted by molar-refractivity contribution is 0.102. The molecule has 0 atom stereocenters. The summed E-state index contributed by atoms with van der Waals surface area (Å²) in [5, 5.41) is 14.8. The number of aromatic amines is 1. The molecular weight excluding hydrogens is 440 g/mol. The summed E-state index contributed by atoms with van der Waals surface area (Å²) in [6, 6.07) is 7.22. The van der Waals surface area contributed by atoms with Gasteiger partial charge in [-0.3, -0.25) is 9.89 Å². The summed E-state index contributed by atoms with van der Waals surface area (Å²) < 4.78 is 7.49. The number of benzene rings is 1. The molecule has 2 aliphatic carbocycles. The van der Waals surface area contributed by atoms with Crippen molar-refractivity contribution in [1.82, 2.24) is 24.8 Å². The minimum atomic E-state index is -0.272. The first-order valence-corrected chi connectivity index (χ1v) is 12.9. The Morgan fingerprint density at radius 1 is 1.14 bits per heavy atom. The molecule has 0 radical (unpaired) electrons. The lowest BCUT2D eigenvalue weighted by atomic mass is 9.88. The highest BCUT2D eigenvalue weighted by atomic mass is 16.5. The molecular formula is C27H36N6O2. The van der Waals surface area contributed by atoms with Crippen LogP contribution < -0.4 is 10.1 Å². The van der Waals surface area contributed by atoms with E-state index in [2.05, 4.69) is 32.5 Å². The Morgan fingerprint density at radius 3 is 2.66 bits per heavy atom. The Labute approximate surface area is 206 Å². The zero-order chi connectivity index (χ0) is 24.6. The third kappa shape index (κ3) is 6.18. The summed E-state index contributed by atoms with van der Waals surface area (Å²) in [4.78, 5) is 17.1. The van der Waals surface area contributed by atoms with E-state index < -0.39 is 0 Å². The number of carbonyl (C=O) groups excluding carboxylic acids is 1. The number of carbonyl (C=O) groups is 1. The molecule has 2 saturated carbocycles. The Bertz CT molecular complexity index is 1240. The molecule has 6 rings (SSSR count). The van der Waals surface area contributed by atoms with Crippen LogP contribution >= 0.6 is 0 Å². The van der Waals surface area contributed by atoms with E-state index in [1.165, 1.54) is 38.5 Å². The predicted octanol–water partition coefficient (Wildman–Crippen LogP) is 6.40. The van der Waals surface area contributed by atoms with Crippen molar-refractivity contribution in [3.8, 4) is 5.75 Å². The van der Waals surface area contributed by atoms with Crippen molar-refractivity contribution < 1.29 is 9.53 Å². The molecule has 186 valence electrons. The van der Waals surface area contributed by atoms with E-state index in [0.717, 1.165) is 29.7 Å². The van der Waals surface area contributed by atoms with Crippen LogP contribution in [-0.4, -0.2) is 36.8 Å². The van der Waals surface area contributed by atoms with Crippen LogP contribution in [-0.2, 0) is 0 Å². The minimum Gasteiger partial charge on any atom is -0.490 e. The fraction of sp³-hybridized carbons (Fsp3) is 0.481. The number of nitrogens with zero attached hydrogens (tertiary/aromatic N) is 4. The molecule has 8 heteroatoms. The van der Waals surface area contributed by atoms with Crippen LogP contribution in [0.1, 0.15) is 82.5 Å². The van der Waals surface area contributed by atoms with Crippen molar-refractivity contribution in [2.24, 2.45) is 5.92 Å². The second-order valence-corrected chi connectivity index (χ2v) is 8.93. The smallest absolute Gasteiger partial charge is 0.260 e. The van der Waals surface area contributed by atoms with E-state index in [4.69, 9.17) is 4.74 Å². The van der Waals surface area contributed by atoms with Crippen molar-refractivity contribution in [2.45, 2.75) is 78.2 Å². The zero-order valence-corrected chi connectivity index (χ0v) is 21.0. The number of fused-ring (bicyclic) bond motifs is 2. The van der Waals surface area contributed by atoms with E-state index in [1.807, 2.05) is 26.0 Å². The van der Waals surface area contributed by atoms with Gasteiger partial charge in [-0.2, -0.15) is 14.7 Å². The number of nitrogens with one attached hydrogen (secondary N) is 2. The van der Waals surface area contributed by atoms with Gasteiger partial charge < -0.3 is 10.1 Å². The first-order chi connectivity index (χ1) is 17.2. The largest absolute Gasteiger partial charge is 0.490 e. The molecule has 2 N–H and O–H groups in total. The summed E-state index contributed by atoms with van der Waals surface area (Å²) in [5.41, 5.74) is 1.97. The molecule has 1 amide bonds. The highest BCUT2D eigenvalue weighted by Crippen LogP contribution is 2.32. The number of hydrogen-bond acceptors (Lipinski definition) is 5. The van der Waals surface area contributed by atoms with E-state index in [-0.39, 0.29) is 12.0 Å². The van der Waals surface area contributed by atoms with Crippen LogP contribution in [0.4, 0.5) is 5.82 Å². The van der Waals surface area contributed by atoms with Gasteiger partial charge in [0.25, 0.3) is 5.91 Å². The molecule has 2 fully saturated rings. The van der Waals surface area contributed by atoms with Crippen molar-refractivity contribution in [1.29, 1.82) is 0 Å². The summed E-state index contributed by atoms with van der Waals surface area (Å²) in [6.45, 7) is 6.32. The number of ether oxygens (including phenoxy) is 1. The standard InChI is InChI=1S/C17H14N6O2.C8H16.C2H6/c24-17(21-16-9-18-15-2-1-5-20-23(15)16)12-6-10-8-19-22-13(10)7-14(12)25-11-3-4-11;1-2-8-6-4-3-5-7-8;1-2/h1-2,5-9,11H,3-4H2,(H,19,22)(H,21,24);8H,2-7H2,1H3;1-2H3. The average Bonchev–Trinajstić information content (AvgIpc) is 3.45. The van der Waals surface area contributed by atoms with Crippen LogP contribution in [0.5, 0.6) is 5.75 Å². The topological polar surface area (TPSA) is 97.2 Å². The fourth-order valence-electron chi connectivity index (χ4n) is 4.31. The fourth-order valence-corrected chi connectivity index (χ4v) is 4.31. The van der Waals surface area contributed by atoms with Gasteiger partial charge in [-0.15, -0.1) is 0 Å². The van der Waals surface area contributed by atoms with Crippen molar-refractivity contribution in [2.75, 3.05) is 5.32 Å². The maximum atomic E-state index is 12.9. The monoisotopic (exact) mass is 476 g/mol.